The Bertz CT molecular complexity index is 2290. The summed E-state index contributed by atoms with van der Waals surface area (Å²) in [5.74, 6) is 1.08. The lowest BCUT2D eigenvalue weighted by atomic mass is 9.75. The zero-order valence-electron chi connectivity index (χ0n) is 36.2. The van der Waals surface area contributed by atoms with E-state index < -0.39 is 5.41 Å². The maximum atomic E-state index is 14.6. The van der Waals surface area contributed by atoms with Crippen molar-refractivity contribution < 1.29 is 28.1 Å². The number of rotatable bonds is 13. The number of nitrogens with one attached hydrogen (secondary N) is 2. The van der Waals surface area contributed by atoms with Gasteiger partial charge in [0.2, 0.25) is 23.5 Å². The van der Waals surface area contributed by atoms with Crippen LogP contribution in [-0.4, -0.2) is 81.1 Å². The summed E-state index contributed by atoms with van der Waals surface area (Å²) < 4.78 is 21.3. The quantitative estimate of drug-likeness (QED) is 0.0301. The maximum absolute atomic E-state index is 14.6. The fourth-order valence-corrected chi connectivity index (χ4v) is 7.43. The number of hydrogen-bond acceptors (Lipinski definition) is 12. The largest absolute Gasteiger partial charge is 0.363 e. The number of aldehydes is 1. The summed E-state index contributed by atoms with van der Waals surface area (Å²) in [4.78, 5) is 49.5. The number of amides is 2. The number of fused-ring (bicyclic) bond motifs is 1. The van der Waals surface area contributed by atoms with Gasteiger partial charge in [0.05, 0.1) is 16.6 Å². The van der Waals surface area contributed by atoms with E-state index in [0.717, 1.165) is 74.1 Å². The minimum Gasteiger partial charge on any atom is -0.363 e. The van der Waals surface area contributed by atoms with E-state index in [4.69, 9.17) is 4.52 Å². The van der Waals surface area contributed by atoms with Crippen molar-refractivity contribution in [3.63, 3.8) is 0 Å². The Hall–Kier alpha value is -5.93. The van der Waals surface area contributed by atoms with Crippen LogP contribution in [0.25, 0.3) is 16.8 Å². The molecule has 2 amide bonds. The van der Waals surface area contributed by atoms with Crippen molar-refractivity contribution in [2.24, 2.45) is 5.16 Å². The standard InChI is InChI=1S/C35H41FN6O2.C7H10N2O2.C4H7NO/c1-35(15-12-32(43)40-34(35)44)29-10-8-25(9-11-29)26-13-17-41(18-14-26)16-4-3-5-24-19-31-33(38-23-39-42(31)22-24)27-6-7-28(21-37-2)30(36)20-27;1-7(2,3)6-8-5(4-10)9-11-6;1-4(2)6-5-3/h6-11,19-20,22-23,26,37H,3-5,12-18,21H2,1-2H3,(H,40,43,44);4H,1-3H3;1,3H2,2H3. The van der Waals surface area contributed by atoms with Crippen LogP contribution in [0, 0.1) is 5.82 Å². The molecule has 2 fully saturated rings. The molecule has 1 unspecified atom stereocenters. The molecule has 0 saturated carbocycles. The van der Waals surface area contributed by atoms with Crippen molar-refractivity contribution in [3.05, 3.63) is 113 Å². The zero-order valence-corrected chi connectivity index (χ0v) is 36.2. The fraction of sp³-hybridized carbons (Fsp3) is 0.435. The van der Waals surface area contributed by atoms with Crippen molar-refractivity contribution >= 4 is 30.3 Å². The number of aryl methyl sites for hydroxylation is 1. The second-order valence-electron chi connectivity index (χ2n) is 16.8. The van der Waals surface area contributed by atoms with E-state index >= 15 is 0 Å². The fourth-order valence-electron chi connectivity index (χ4n) is 7.43. The van der Waals surface area contributed by atoms with Crippen LogP contribution in [0.5, 0.6) is 0 Å². The van der Waals surface area contributed by atoms with Gasteiger partial charge in [-0.15, -0.1) is 0 Å². The first-order valence-electron chi connectivity index (χ1n) is 20.7. The van der Waals surface area contributed by atoms with E-state index in [1.165, 1.54) is 17.5 Å². The summed E-state index contributed by atoms with van der Waals surface area (Å²) in [5.41, 5.74) is 5.73. The highest BCUT2D eigenvalue weighted by atomic mass is 19.1. The predicted molar refractivity (Wildman–Crippen MR) is 233 cm³/mol. The number of hydrogen-bond donors (Lipinski definition) is 2. The van der Waals surface area contributed by atoms with Gasteiger partial charge >= 0.3 is 0 Å². The zero-order chi connectivity index (χ0) is 44.2. The lowest BCUT2D eigenvalue weighted by Gasteiger charge is -2.34. The molecule has 2 N–H and O–H groups in total. The van der Waals surface area contributed by atoms with Gasteiger partial charge in [-0.05, 0) is 114 Å². The van der Waals surface area contributed by atoms with Crippen molar-refractivity contribution in [2.75, 3.05) is 26.7 Å². The number of piperidine rings is 2. The first-order valence-corrected chi connectivity index (χ1v) is 20.7. The molecule has 2 aliphatic heterocycles. The molecule has 15 heteroatoms. The molecule has 0 radical (unpaired) electrons. The molecule has 5 aromatic rings. The Kier molecular flexibility index (Phi) is 15.9. The van der Waals surface area contributed by atoms with E-state index in [9.17, 15) is 18.8 Å². The number of nitrogens with zero attached hydrogens (tertiary/aromatic N) is 7. The van der Waals surface area contributed by atoms with Crippen molar-refractivity contribution in [1.29, 1.82) is 0 Å². The molecule has 324 valence electrons. The van der Waals surface area contributed by atoms with Crippen molar-refractivity contribution in [3.8, 4) is 11.3 Å². The van der Waals surface area contributed by atoms with Crippen molar-refractivity contribution in [1.82, 2.24) is 40.3 Å². The molecule has 1 atom stereocenters. The lowest BCUT2D eigenvalue weighted by molar-refractivity contribution is -0.137. The molecule has 0 aliphatic carbocycles. The first-order chi connectivity index (χ1) is 29.1. The van der Waals surface area contributed by atoms with E-state index in [2.05, 4.69) is 95.6 Å². The summed E-state index contributed by atoms with van der Waals surface area (Å²) in [6, 6.07) is 15.9. The first kappa shape index (κ1) is 46.1. The van der Waals surface area contributed by atoms with Crippen LogP contribution in [0.15, 0.2) is 83.1 Å². The molecule has 5 heterocycles. The van der Waals surface area contributed by atoms with Crippen LogP contribution in [-0.2, 0) is 38.2 Å². The Morgan fingerprint density at radius 2 is 1.87 bits per heavy atom. The van der Waals surface area contributed by atoms with Crippen LogP contribution in [0.2, 0.25) is 0 Å². The summed E-state index contributed by atoms with van der Waals surface area (Å²) in [6.45, 7) is 19.7. The summed E-state index contributed by atoms with van der Waals surface area (Å²) in [6.07, 6.45) is 10.5. The molecule has 61 heavy (non-hydrogen) atoms. The Morgan fingerprint density at radius 3 is 2.44 bits per heavy atom. The SMILES string of the molecule is C=NOC(=C)C.CC(C)(C)c1nc(C=O)no1.CNCc1ccc(-c2ncnn3cc(CCCCN4CCC(c5ccc(C6(C)CCC(=O)NC6=O)cc5)CC4)cc23)cc1F. The van der Waals surface area contributed by atoms with Crippen LogP contribution in [0.1, 0.15) is 118 Å². The van der Waals surface area contributed by atoms with Crippen LogP contribution in [0.3, 0.4) is 0 Å². The lowest BCUT2D eigenvalue weighted by Crippen LogP contribution is -2.49. The van der Waals surface area contributed by atoms with Gasteiger partial charge in [0.15, 0.2) is 6.29 Å². The molecule has 3 aromatic heterocycles. The van der Waals surface area contributed by atoms with Gasteiger partial charge in [0.25, 0.3) is 0 Å². The number of benzene rings is 2. The molecule has 2 aromatic carbocycles. The number of carbonyl (C=O) groups is 3. The van der Waals surface area contributed by atoms with E-state index in [-0.39, 0.29) is 28.9 Å². The number of imide groups is 1. The Morgan fingerprint density at radius 1 is 1.13 bits per heavy atom. The van der Waals surface area contributed by atoms with E-state index in [1.807, 2.05) is 44.3 Å². The number of allylic oxidation sites excluding steroid dienone is 1. The predicted octanol–water partition coefficient (Wildman–Crippen LogP) is 7.48. The Labute approximate surface area is 357 Å². The summed E-state index contributed by atoms with van der Waals surface area (Å²) >= 11 is 0. The van der Waals surface area contributed by atoms with Gasteiger partial charge in [-0.1, -0.05) is 74.1 Å². The third-order valence-electron chi connectivity index (χ3n) is 11.0. The smallest absolute Gasteiger partial charge is 0.236 e. The van der Waals surface area contributed by atoms with Crippen LogP contribution >= 0.6 is 0 Å². The average molecular weight is 836 g/mol. The number of oxime groups is 1. The molecular formula is C46H58FN9O5. The summed E-state index contributed by atoms with van der Waals surface area (Å²) in [7, 11) is 1.81. The molecule has 7 rings (SSSR count). The van der Waals surface area contributed by atoms with E-state index in [1.54, 1.807) is 20.0 Å². The molecule has 2 aliphatic rings. The minimum atomic E-state index is -0.642. The molecule has 14 nitrogen and oxygen atoms in total. The molecule has 0 spiro atoms. The number of unbranched alkanes of at least 4 members (excludes halogenated alkanes) is 1. The highest BCUT2D eigenvalue weighted by Gasteiger charge is 2.40. The highest BCUT2D eigenvalue weighted by molar-refractivity contribution is 6.03. The topological polar surface area (TPSA) is 169 Å². The molecule has 0 bridgehead atoms. The second-order valence-corrected chi connectivity index (χ2v) is 16.8. The highest BCUT2D eigenvalue weighted by Crippen LogP contribution is 2.35. The van der Waals surface area contributed by atoms with Crippen LogP contribution < -0.4 is 10.6 Å². The number of halogens is 1. The van der Waals surface area contributed by atoms with Gasteiger partial charge in [0, 0.05) is 42.4 Å². The van der Waals surface area contributed by atoms with Gasteiger partial charge in [-0.25, -0.2) is 13.9 Å². The average Bonchev–Trinajstić information content (AvgIpc) is 3.91. The third kappa shape index (κ3) is 12.3. The monoisotopic (exact) mass is 835 g/mol. The normalized spacial score (nSPS) is 17.1. The van der Waals surface area contributed by atoms with Crippen LogP contribution in [0.4, 0.5) is 4.39 Å². The van der Waals surface area contributed by atoms with E-state index in [0.29, 0.717) is 48.8 Å². The second kappa shape index (κ2) is 21.0. The van der Waals surface area contributed by atoms with Gasteiger partial charge < -0.3 is 19.6 Å². The van der Waals surface area contributed by atoms with Crippen molar-refractivity contribution in [2.45, 2.75) is 103 Å². The number of likely N-dealkylation sites (tertiary alicyclic amines) is 1. The third-order valence-corrected chi connectivity index (χ3v) is 11.0. The molecule has 2 saturated heterocycles. The maximum Gasteiger partial charge on any atom is 0.236 e. The van der Waals surface area contributed by atoms with Gasteiger partial charge in [-0.2, -0.15) is 10.1 Å². The Balaban J connectivity index is 0.000000346. The minimum absolute atomic E-state index is 0.106. The number of aromatic nitrogens is 5. The van der Waals surface area contributed by atoms with Gasteiger partial charge in [-0.3, -0.25) is 19.7 Å². The summed E-state index contributed by atoms with van der Waals surface area (Å²) in [5, 5.41) is 16.4. The molecular weight excluding hydrogens is 778 g/mol. The van der Waals surface area contributed by atoms with Gasteiger partial charge in [0.1, 0.15) is 17.9 Å². The number of carbonyl (C=O) groups excluding carboxylic acids is 3.